The molecule has 0 aromatic heterocycles. The molecule has 2 rings (SSSR count). The molecule has 96 valence electrons. The van der Waals surface area contributed by atoms with Crippen LogP contribution in [0.1, 0.15) is 12.8 Å². The fraction of sp³-hybridized carbons (Fsp3) is 0.500. The maximum Gasteiger partial charge on any atom is 0.325 e. The summed E-state index contributed by atoms with van der Waals surface area (Å²) in [5.41, 5.74) is -0.608. The van der Waals surface area contributed by atoms with Crippen LogP contribution in [0.25, 0.3) is 0 Å². The molecule has 0 aromatic carbocycles. The number of imide groups is 1. The molecule has 1 saturated heterocycles. The van der Waals surface area contributed by atoms with Crippen LogP contribution in [-0.2, 0) is 4.79 Å². The molecule has 10 heteroatoms. The van der Waals surface area contributed by atoms with Crippen LogP contribution in [0, 0.1) is 26.1 Å². The van der Waals surface area contributed by atoms with E-state index >= 15 is 0 Å². The lowest BCUT2D eigenvalue weighted by Gasteiger charge is -2.28. The molecule has 1 fully saturated rings. The maximum absolute atomic E-state index is 11.5. The van der Waals surface area contributed by atoms with Gasteiger partial charge in [-0.3, -0.25) is 30.3 Å². The van der Waals surface area contributed by atoms with Crippen LogP contribution in [0.3, 0.4) is 0 Å². The lowest BCUT2D eigenvalue weighted by atomic mass is 9.85. The van der Waals surface area contributed by atoms with E-state index in [0.29, 0.717) is 0 Å². The molecular weight excluding hydrogens is 248 g/mol. The molecule has 18 heavy (non-hydrogen) atoms. The minimum atomic E-state index is -1.19. The van der Waals surface area contributed by atoms with Gasteiger partial charge in [0.2, 0.25) is 11.9 Å². The van der Waals surface area contributed by atoms with Crippen LogP contribution in [0.5, 0.6) is 0 Å². The minimum Gasteiger partial charge on any atom is -0.305 e. The Morgan fingerprint density at radius 3 is 2.39 bits per heavy atom. The highest BCUT2D eigenvalue weighted by atomic mass is 16.6. The van der Waals surface area contributed by atoms with Crippen LogP contribution >= 0.6 is 0 Å². The van der Waals surface area contributed by atoms with Crippen LogP contribution in [0.15, 0.2) is 11.4 Å². The van der Waals surface area contributed by atoms with E-state index in [1.807, 2.05) is 5.32 Å². The van der Waals surface area contributed by atoms with Gasteiger partial charge < -0.3 is 5.32 Å². The molecule has 2 atom stereocenters. The molecule has 2 aliphatic rings. The maximum atomic E-state index is 11.5. The Morgan fingerprint density at radius 2 is 1.83 bits per heavy atom. The molecule has 0 saturated carbocycles. The zero-order valence-electron chi connectivity index (χ0n) is 8.91. The van der Waals surface area contributed by atoms with Gasteiger partial charge >= 0.3 is 6.03 Å². The third-order valence-electron chi connectivity index (χ3n) is 2.92. The van der Waals surface area contributed by atoms with Crippen molar-refractivity contribution in [2.75, 3.05) is 0 Å². The number of rotatable bonds is 2. The number of carbonyl (C=O) groups excluding carboxylic acids is 2. The molecule has 0 radical (unpaired) electrons. The standard InChI is InChI=1S/C8H8N4O6/c13-7-4-1-3(11(15)16)2-5(12(17)18)6(4)9-8(14)10-7/h3-4H,1-2H2,(H2,9,10,13,14). The Bertz CT molecular complexity index is 498. The summed E-state index contributed by atoms with van der Waals surface area (Å²) in [7, 11) is 0. The van der Waals surface area contributed by atoms with Crippen LogP contribution in [-0.4, -0.2) is 27.8 Å². The van der Waals surface area contributed by atoms with E-state index in [-0.39, 0.29) is 12.1 Å². The quantitative estimate of drug-likeness (QED) is 0.497. The second kappa shape index (κ2) is 4.05. The summed E-state index contributed by atoms with van der Waals surface area (Å²) < 4.78 is 0. The minimum absolute atomic E-state index is 0.133. The molecule has 2 unspecified atom stereocenters. The smallest absolute Gasteiger partial charge is 0.305 e. The van der Waals surface area contributed by atoms with Crippen LogP contribution in [0.4, 0.5) is 4.79 Å². The van der Waals surface area contributed by atoms with Gasteiger partial charge in [0.1, 0.15) is 12.1 Å². The van der Waals surface area contributed by atoms with Crippen molar-refractivity contribution in [3.05, 3.63) is 31.6 Å². The summed E-state index contributed by atoms with van der Waals surface area (Å²) >= 11 is 0. The van der Waals surface area contributed by atoms with E-state index in [2.05, 4.69) is 5.32 Å². The first-order valence-corrected chi connectivity index (χ1v) is 5.03. The molecule has 0 bridgehead atoms. The highest BCUT2D eigenvalue weighted by Gasteiger charge is 2.47. The fourth-order valence-electron chi connectivity index (χ4n) is 2.09. The van der Waals surface area contributed by atoms with Gasteiger partial charge in [0.25, 0.3) is 5.70 Å². The van der Waals surface area contributed by atoms with Crippen molar-refractivity contribution in [3.63, 3.8) is 0 Å². The normalized spacial score (nSPS) is 27.1. The van der Waals surface area contributed by atoms with E-state index in [4.69, 9.17) is 0 Å². The zero-order valence-corrected chi connectivity index (χ0v) is 8.91. The number of nitrogens with one attached hydrogen (secondary N) is 2. The van der Waals surface area contributed by atoms with Gasteiger partial charge in [-0.25, -0.2) is 4.79 Å². The summed E-state index contributed by atoms with van der Waals surface area (Å²) in [6, 6.07) is -2.05. The Labute approximate surface area is 99.3 Å². The van der Waals surface area contributed by atoms with E-state index in [0.717, 1.165) is 0 Å². The van der Waals surface area contributed by atoms with Crippen molar-refractivity contribution >= 4 is 11.9 Å². The monoisotopic (exact) mass is 256 g/mol. The Morgan fingerprint density at radius 1 is 1.17 bits per heavy atom. The number of carbonyl (C=O) groups is 2. The fourth-order valence-corrected chi connectivity index (χ4v) is 2.09. The predicted octanol–water partition coefficient (Wildman–Crippen LogP) is -0.631. The molecule has 10 nitrogen and oxygen atoms in total. The molecule has 2 N–H and O–H groups in total. The SMILES string of the molecule is O=C1NC(=O)C2CC([N+](=O)[O-])CC([N+](=O)[O-])=C2N1. The summed E-state index contributed by atoms with van der Waals surface area (Å²) in [4.78, 5) is 42.7. The Hall–Kier alpha value is -2.52. The van der Waals surface area contributed by atoms with E-state index in [9.17, 15) is 29.8 Å². The lowest BCUT2D eigenvalue weighted by Crippen LogP contribution is -2.54. The summed E-state index contributed by atoms with van der Waals surface area (Å²) in [6.07, 6.45) is -0.564. The molecule has 0 aromatic rings. The number of nitrogens with zero attached hydrogens (tertiary/aromatic N) is 2. The van der Waals surface area contributed by atoms with Crippen LogP contribution < -0.4 is 10.6 Å². The Kier molecular flexibility index (Phi) is 2.69. The third kappa shape index (κ3) is 1.87. The van der Waals surface area contributed by atoms with Gasteiger partial charge in [-0.1, -0.05) is 0 Å². The van der Waals surface area contributed by atoms with E-state index in [1.54, 1.807) is 0 Å². The molecule has 3 amide bonds. The zero-order chi connectivity index (χ0) is 13.4. The third-order valence-corrected chi connectivity index (χ3v) is 2.92. The van der Waals surface area contributed by atoms with E-state index in [1.165, 1.54) is 0 Å². The van der Waals surface area contributed by atoms with Gasteiger partial charge in [-0.15, -0.1) is 0 Å². The Balaban J connectivity index is 2.45. The van der Waals surface area contributed by atoms with E-state index < -0.39 is 45.9 Å². The number of nitro groups is 2. The molecular formula is C8H8N4O6. The molecule has 0 spiro atoms. The van der Waals surface area contributed by atoms with Crippen molar-refractivity contribution in [2.24, 2.45) is 5.92 Å². The van der Waals surface area contributed by atoms with Crippen molar-refractivity contribution in [1.82, 2.24) is 10.6 Å². The first kappa shape index (κ1) is 12.0. The molecule has 1 heterocycles. The number of fused-ring (bicyclic) bond motifs is 1. The van der Waals surface area contributed by atoms with Gasteiger partial charge in [-0.05, 0) is 0 Å². The highest BCUT2D eigenvalue weighted by molar-refractivity contribution is 6.00. The average molecular weight is 256 g/mol. The summed E-state index contributed by atoms with van der Waals surface area (Å²) in [6.45, 7) is 0. The lowest BCUT2D eigenvalue weighted by molar-refractivity contribution is -0.533. The second-order valence-electron chi connectivity index (χ2n) is 3.99. The summed E-state index contributed by atoms with van der Waals surface area (Å²) in [5.74, 6) is -1.80. The average Bonchev–Trinajstić information content (AvgIpc) is 2.27. The largest absolute Gasteiger partial charge is 0.325 e. The molecule has 1 aliphatic carbocycles. The van der Waals surface area contributed by atoms with Crippen molar-refractivity contribution < 1.29 is 19.4 Å². The predicted molar refractivity (Wildman–Crippen MR) is 54.2 cm³/mol. The highest BCUT2D eigenvalue weighted by Crippen LogP contribution is 2.32. The van der Waals surface area contributed by atoms with Gasteiger partial charge in [0.05, 0.1) is 10.8 Å². The second-order valence-corrected chi connectivity index (χ2v) is 3.99. The number of urea groups is 1. The van der Waals surface area contributed by atoms with Crippen molar-refractivity contribution in [1.29, 1.82) is 0 Å². The van der Waals surface area contributed by atoms with Crippen molar-refractivity contribution in [3.8, 4) is 0 Å². The number of amides is 3. The first-order valence-electron chi connectivity index (χ1n) is 5.03. The number of hydrogen-bond acceptors (Lipinski definition) is 6. The summed E-state index contributed by atoms with van der Waals surface area (Å²) in [5, 5.41) is 25.7. The number of hydrogen-bond donors (Lipinski definition) is 2. The first-order chi connectivity index (χ1) is 8.40. The van der Waals surface area contributed by atoms with Crippen LogP contribution in [0.2, 0.25) is 0 Å². The van der Waals surface area contributed by atoms with Crippen molar-refractivity contribution in [2.45, 2.75) is 18.9 Å². The topological polar surface area (TPSA) is 144 Å². The molecule has 1 aliphatic heterocycles. The van der Waals surface area contributed by atoms with Gasteiger partial charge in [-0.2, -0.15) is 0 Å². The van der Waals surface area contributed by atoms with Gasteiger partial charge in [0.15, 0.2) is 0 Å². The van der Waals surface area contributed by atoms with Gasteiger partial charge in [0, 0.05) is 11.3 Å².